The van der Waals surface area contributed by atoms with Crippen molar-refractivity contribution in [3.05, 3.63) is 27.0 Å². The third-order valence-electron chi connectivity index (χ3n) is 1.66. The Bertz CT molecular complexity index is 534. The van der Waals surface area contributed by atoms with Crippen molar-refractivity contribution in [3.63, 3.8) is 0 Å². The molecule has 14 heavy (non-hydrogen) atoms. The summed E-state index contributed by atoms with van der Waals surface area (Å²) in [5.41, 5.74) is -0.269. The molecular formula is C8H12N4O2. The van der Waals surface area contributed by atoms with Gasteiger partial charge in [0.2, 0.25) is 0 Å². The molecule has 2 aromatic heterocycles. The molecule has 0 aliphatic rings. The highest BCUT2D eigenvalue weighted by Gasteiger charge is 2.06. The van der Waals surface area contributed by atoms with Gasteiger partial charge in [-0.3, -0.25) is 19.8 Å². The lowest BCUT2D eigenvalue weighted by atomic mass is 10.4. The van der Waals surface area contributed by atoms with Crippen LogP contribution in [0, 0.1) is 0 Å². The summed E-state index contributed by atoms with van der Waals surface area (Å²) in [6.45, 7) is 4.00. The molecule has 76 valence electrons. The number of nitrogens with zero attached hydrogens (tertiary/aromatic N) is 2. The first-order valence-electron chi connectivity index (χ1n) is 4.32. The Balaban J connectivity index is 0.000000461. The summed E-state index contributed by atoms with van der Waals surface area (Å²) in [6.07, 6.45) is 1.43. The summed E-state index contributed by atoms with van der Waals surface area (Å²) in [7, 11) is 1.66. The average molecular weight is 196 g/mol. The van der Waals surface area contributed by atoms with Gasteiger partial charge in [0.25, 0.3) is 11.1 Å². The number of aromatic nitrogens is 4. The first-order valence-corrected chi connectivity index (χ1v) is 4.32. The third kappa shape index (κ3) is 1.46. The molecule has 6 heteroatoms. The van der Waals surface area contributed by atoms with Crippen LogP contribution < -0.4 is 11.1 Å². The highest BCUT2D eigenvalue weighted by molar-refractivity contribution is 5.72. The Labute approximate surface area is 79.6 Å². The number of imidazole rings is 1. The van der Waals surface area contributed by atoms with Gasteiger partial charge in [-0.05, 0) is 0 Å². The van der Waals surface area contributed by atoms with Crippen molar-refractivity contribution in [3.8, 4) is 0 Å². The summed E-state index contributed by atoms with van der Waals surface area (Å²) in [4.78, 5) is 25.9. The van der Waals surface area contributed by atoms with Crippen LogP contribution in [0.3, 0.4) is 0 Å². The molecule has 6 nitrogen and oxygen atoms in total. The predicted octanol–water partition coefficient (Wildman–Crippen LogP) is -0.0239. The van der Waals surface area contributed by atoms with Crippen LogP contribution in [0.4, 0.5) is 0 Å². The fourth-order valence-electron chi connectivity index (χ4n) is 1.10. The summed E-state index contributed by atoms with van der Waals surface area (Å²) >= 11 is 0. The zero-order chi connectivity index (χ0) is 10.7. The molecule has 2 rings (SSSR count). The average Bonchev–Trinajstić information content (AvgIpc) is 2.59. The van der Waals surface area contributed by atoms with E-state index in [1.54, 1.807) is 7.05 Å². The Kier molecular flexibility index (Phi) is 2.85. The van der Waals surface area contributed by atoms with Crippen LogP contribution in [0.1, 0.15) is 13.8 Å². The Hall–Kier alpha value is -1.85. The van der Waals surface area contributed by atoms with Crippen molar-refractivity contribution < 1.29 is 0 Å². The minimum absolute atomic E-state index is 0.168. The molecule has 0 bridgehead atoms. The lowest BCUT2D eigenvalue weighted by Crippen LogP contribution is -2.19. The topological polar surface area (TPSA) is 83.5 Å². The lowest BCUT2D eigenvalue weighted by molar-refractivity contribution is 0.918. The zero-order valence-corrected chi connectivity index (χ0v) is 8.29. The standard InChI is InChI=1S/C6H6N4O2.C2H6/c1-10-2-7-3-4(10)6(12)9-8-5(3)11;1-2/h2H,1H3,(H,8,11)(H,9,12);1-2H3. The van der Waals surface area contributed by atoms with E-state index in [0.717, 1.165) is 0 Å². The van der Waals surface area contributed by atoms with Gasteiger partial charge in [0.05, 0.1) is 6.33 Å². The third-order valence-corrected chi connectivity index (χ3v) is 1.66. The molecule has 0 radical (unpaired) electrons. The second kappa shape index (κ2) is 3.91. The Morgan fingerprint density at radius 2 is 1.79 bits per heavy atom. The van der Waals surface area contributed by atoms with Crippen LogP contribution in [-0.4, -0.2) is 19.7 Å². The summed E-state index contributed by atoms with van der Waals surface area (Å²) in [5, 5.41) is 4.40. The molecule has 2 heterocycles. The smallest absolute Gasteiger partial charge is 0.290 e. The van der Waals surface area contributed by atoms with Gasteiger partial charge in [0, 0.05) is 7.05 Å². The van der Waals surface area contributed by atoms with Crippen LogP contribution in [0.15, 0.2) is 15.9 Å². The van der Waals surface area contributed by atoms with Crippen molar-refractivity contribution in [2.75, 3.05) is 0 Å². The van der Waals surface area contributed by atoms with Crippen molar-refractivity contribution >= 4 is 11.0 Å². The largest absolute Gasteiger partial charge is 0.329 e. The quantitative estimate of drug-likeness (QED) is 0.621. The molecular weight excluding hydrogens is 184 g/mol. The van der Waals surface area contributed by atoms with E-state index >= 15 is 0 Å². The van der Waals surface area contributed by atoms with Crippen molar-refractivity contribution in [2.24, 2.45) is 7.05 Å². The van der Waals surface area contributed by atoms with E-state index in [9.17, 15) is 9.59 Å². The number of nitrogens with one attached hydrogen (secondary N) is 2. The molecule has 0 fully saturated rings. The zero-order valence-electron chi connectivity index (χ0n) is 8.29. The maximum Gasteiger partial charge on any atom is 0.290 e. The van der Waals surface area contributed by atoms with E-state index < -0.39 is 0 Å². The molecule has 0 aliphatic carbocycles. The van der Waals surface area contributed by atoms with E-state index in [2.05, 4.69) is 15.2 Å². The minimum Gasteiger partial charge on any atom is -0.329 e. The van der Waals surface area contributed by atoms with E-state index in [4.69, 9.17) is 0 Å². The number of fused-ring (bicyclic) bond motifs is 1. The van der Waals surface area contributed by atoms with Gasteiger partial charge < -0.3 is 4.57 Å². The van der Waals surface area contributed by atoms with Crippen LogP contribution in [0.5, 0.6) is 0 Å². The number of rotatable bonds is 0. The minimum atomic E-state index is -0.384. The van der Waals surface area contributed by atoms with Gasteiger partial charge in [-0.1, -0.05) is 13.8 Å². The maximum absolute atomic E-state index is 11.1. The van der Waals surface area contributed by atoms with Crippen molar-refractivity contribution in [1.29, 1.82) is 0 Å². The first-order chi connectivity index (χ1) is 6.70. The highest BCUT2D eigenvalue weighted by Crippen LogP contribution is 1.97. The van der Waals surface area contributed by atoms with Gasteiger partial charge in [0.1, 0.15) is 5.52 Å². The molecule has 0 unspecified atom stereocenters. The number of aromatic amines is 2. The van der Waals surface area contributed by atoms with Gasteiger partial charge in [0.15, 0.2) is 5.52 Å². The summed E-state index contributed by atoms with van der Waals surface area (Å²) in [5.74, 6) is 0. The van der Waals surface area contributed by atoms with Gasteiger partial charge >= 0.3 is 0 Å². The fraction of sp³-hybridized carbons (Fsp3) is 0.375. The monoisotopic (exact) mass is 196 g/mol. The van der Waals surface area contributed by atoms with Crippen LogP contribution >= 0.6 is 0 Å². The Morgan fingerprint density at radius 3 is 2.36 bits per heavy atom. The van der Waals surface area contributed by atoms with Gasteiger partial charge in [-0.25, -0.2) is 4.98 Å². The first kappa shape index (κ1) is 10.2. The van der Waals surface area contributed by atoms with Crippen molar-refractivity contribution in [1.82, 2.24) is 19.7 Å². The van der Waals surface area contributed by atoms with E-state index in [1.807, 2.05) is 13.8 Å². The molecule has 0 spiro atoms. The van der Waals surface area contributed by atoms with Crippen LogP contribution in [0.25, 0.3) is 11.0 Å². The van der Waals surface area contributed by atoms with Crippen LogP contribution in [0.2, 0.25) is 0 Å². The van der Waals surface area contributed by atoms with Gasteiger partial charge in [-0.2, -0.15) is 0 Å². The number of hydrogen-bond donors (Lipinski definition) is 2. The molecule has 2 N–H and O–H groups in total. The van der Waals surface area contributed by atoms with E-state index in [1.165, 1.54) is 10.9 Å². The normalized spacial score (nSPS) is 9.64. The molecule has 0 saturated heterocycles. The predicted molar refractivity (Wildman–Crippen MR) is 53.3 cm³/mol. The molecule has 0 aromatic carbocycles. The summed E-state index contributed by atoms with van der Waals surface area (Å²) in [6, 6.07) is 0. The molecule has 0 saturated carbocycles. The second-order valence-corrected chi connectivity index (χ2v) is 2.46. The molecule has 0 amide bonds. The van der Waals surface area contributed by atoms with E-state index in [-0.39, 0.29) is 16.6 Å². The summed E-state index contributed by atoms with van der Waals surface area (Å²) < 4.78 is 1.50. The lowest BCUT2D eigenvalue weighted by Gasteiger charge is -1.89. The fourth-order valence-corrected chi connectivity index (χ4v) is 1.10. The SMILES string of the molecule is CC.Cn1cnc2c(=O)[nH][nH]c(=O)c21. The number of hydrogen-bond acceptors (Lipinski definition) is 3. The Morgan fingerprint density at radius 1 is 1.21 bits per heavy atom. The molecule has 2 aromatic rings. The molecule has 0 aliphatic heterocycles. The van der Waals surface area contributed by atoms with E-state index in [0.29, 0.717) is 5.52 Å². The van der Waals surface area contributed by atoms with Crippen molar-refractivity contribution in [2.45, 2.75) is 13.8 Å². The van der Waals surface area contributed by atoms with Gasteiger partial charge in [-0.15, -0.1) is 0 Å². The van der Waals surface area contributed by atoms with Crippen LogP contribution in [-0.2, 0) is 7.05 Å². The maximum atomic E-state index is 11.1. The molecule has 0 atom stereocenters. The number of aryl methyl sites for hydroxylation is 1. The highest BCUT2D eigenvalue weighted by atomic mass is 16.1. The number of H-pyrrole nitrogens is 2. The second-order valence-electron chi connectivity index (χ2n) is 2.46.